The lowest BCUT2D eigenvalue weighted by Crippen LogP contribution is -2.27. The highest BCUT2D eigenvalue weighted by molar-refractivity contribution is 6.06. The summed E-state index contributed by atoms with van der Waals surface area (Å²) in [4.78, 5) is 15.2. The number of nitrogens with zero attached hydrogens (tertiary/aromatic N) is 2. The average molecular weight is 396 g/mol. The van der Waals surface area contributed by atoms with Crippen molar-refractivity contribution in [2.24, 2.45) is 0 Å². The van der Waals surface area contributed by atoms with E-state index >= 15 is 0 Å². The minimum atomic E-state index is -0.360. The number of anilines is 1. The predicted octanol–water partition coefficient (Wildman–Crippen LogP) is 5.22. The summed E-state index contributed by atoms with van der Waals surface area (Å²) in [5, 5.41) is 14.8. The van der Waals surface area contributed by atoms with E-state index in [4.69, 9.17) is 0 Å². The van der Waals surface area contributed by atoms with Crippen LogP contribution in [0.2, 0.25) is 0 Å². The molecule has 0 aliphatic carbocycles. The fourth-order valence-electron chi connectivity index (χ4n) is 4.07. The molecule has 30 heavy (non-hydrogen) atoms. The van der Waals surface area contributed by atoms with Crippen LogP contribution in [0.5, 0.6) is 0 Å². The van der Waals surface area contributed by atoms with E-state index in [0.29, 0.717) is 0 Å². The van der Waals surface area contributed by atoms with Crippen molar-refractivity contribution < 1.29 is 4.79 Å². The first-order valence-electron chi connectivity index (χ1n) is 10.4. The van der Waals surface area contributed by atoms with Crippen molar-refractivity contribution >= 4 is 28.4 Å². The van der Waals surface area contributed by atoms with Crippen LogP contribution in [-0.4, -0.2) is 19.0 Å². The van der Waals surface area contributed by atoms with Crippen LogP contribution < -0.4 is 10.2 Å². The highest BCUT2D eigenvalue weighted by Gasteiger charge is 2.17. The lowest BCUT2D eigenvalue weighted by molar-refractivity contribution is -0.117. The molecular formula is C26H25N3O. The van der Waals surface area contributed by atoms with E-state index < -0.39 is 0 Å². The SMILES string of the molecule is C[C@@H](NC(=O)/C(C#N)=C\c1ccc(N2CCCC2)c2ccccc12)c1ccccc1. The van der Waals surface area contributed by atoms with Gasteiger partial charge < -0.3 is 10.2 Å². The molecule has 1 fully saturated rings. The van der Waals surface area contributed by atoms with Crippen LogP contribution in [0.4, 0.5) is 5.69 Å². The van der Waals surface area contributed by atoms with E-state index in [1.165, 1.54) is 18.5 Å². The monoisotopic (exact) mass is 395 g/mol. The summed E-state index contributed by atoms with van der Waals surface area (Å²) in [5.41, 5.74) is 3.22. The maximum Gasteiger partial charge on any atom is 0.262 e. The van der Waals surface area contributed by atoms with Gasteiger partial charge in [0.15, 0.2) is 0 Å². The molecule has 1 heterocycles. The van der Waals surface area contributed by atoms with Gasteiger partial charge in [-0.1, -0.05) is 60.7 Å². The third-order valence-electron chi connectivity index (χ3n) is 5.69. The first-order chi connectivity index (χ1) is 14.7. The molecule has 0 radical (unpaired) electrons. The van der Waals surface area contributed by atoms with Gasteiger partial charge in [0.1, 0.15) is 11.6 Å². The first kappa shape index (κ1) is 19.7. The molecule has 4 heteroatoms. The van der Waals surface area contributed by atoms with Crippen molar-refractivity contribution in [3.63, 3.8) is 0 Å². The molecular weight excluding hydrogens is 370 g/mol. The Hall–Kier alpha value is -3.58. The number of carbonyl (C=O) groups is 1. The van der Waals surface area contributed by atoms with E-state index in [1.807, 2.05) is 55.5 Å². The molecule has 0 saturated carbocycles. The van der Waals surface area contributed by atoms with Gasteiger partial charge in [-0.15, -0.1) is 0 Å². The minimum absolute atomic E-state index is 0.108. The Morgan fingerprint density at radius 3 is 2.37 bits per heavy atom. The van der Waals surface area contributed by atoms with Crippen LogP contribution in [0.15, 0.2) is 72.3 Å². The van der Waals surface area contributed by atoms with Crippen molar-refractivity contribution in [3.05, 3.63) is 83.4 Å². The normalized spacial score (nSPS) is 15.1. The van der Waals surface area contributed by atoms with Crippen LogP contribution in [0, 0.1) is 11.3 Å². The number of carbonyl (C=O) groups excluding carboxylic acids is 1. The summed E-state index contributed by atoms with van der Waals surface area (Å²) in [6.45, 7) is 4.06. The zero-order valence-electron chi connectivity index (χ0n) is 17.1. The van der Waals surface area contributed by atoms with E-state index in [9.17, 15) is 10.1 Å². The largest absolute Gasteiger partial charge is 0.371 e. The van der Waals surface area contributed by atoms with Crippen molar-refractivity contribution in [2.45, 2.75) is 25.8 Å². The molecule has 0 spiro atoms. The summed E-state index contributed by atoms with van der Waals surface area (Å²) in [6, 6.07) is 24.0. The van der Waals surface area contributed by atoms with Crippen molar-refractivity contribution in [2.75, 3.05) is 18.0 Å². The molecule has 150 valence electrons. The highest BCUT2D eigenvalue weighted by atomic mass is 16.1. The van der Waals surface area contributed by atoms with Gasteiger partial charge in [-0.05, 0) is 48.4 Å². The number of benzene rings is 3. The van der Waals surface area contributed by atoms with E-state index in [1.54, 1.807) is 6.08 Å². The van der Waals surface area contributed by atoms with Gasteiger partial charge in [-0.2, -0.15) is 5.26 Å². The zero-order chi connectivity index (χ0) is 20.9. The molecule has 4 rings (SSSR count). The Balaban J connectivity index is 1.65. The number of amides is 1. The summed E-state index contributed by atoms with van der Waals surface area (Å²) < 4.78 is 0. The average Bonchev–Trinajstić information content (AvgIpc) is 3.32. The Bertz CT molecular complexity index is 1120. The number of nitrogens with one attached hydrogen (secondary N) is 1. The number of hydrogen-bond acceptors (Lipinski definition) is 3. The molecule has 3 aromatic rings. The Labute approximate surface area is 177 Å². The number of nitriles is 1. The molecule has 4 nitrogen and oxygen atoms in total. The smallest absolute Gasteiger partial charge is 0.262 e. The van der Waals surface area contributed by atoms with Crippen molar-refractivity contribution in [3.8, 4) is 6.07 Å². The van der Waals surface area contributed by atoms with Crippen LogP contribution in [0.1, 0.15) is 36.9 Å². The predicted molar refractivity (Wildman–Crippen MR) is 122 cm³/mol. The first-order valence-corrected chi connectivity index (χ1v) is 10.4. The highest BCUT2D eigenvalue weighted by Crippen LogP contribution is 2.32. The quantitative estimate of drug-likeness (QED) is 0.476. The maximum absolute atomic E-state index is 12.8. The van der Waals surface area contributed by atoms with E-state index in [2.05, 4.69) is 34.5 Å². The standard InChI is InChI=1S/C26H25N3O/c1-19(20-9-3-2-4-10-20)28-26(30)22(18-27)17-21-13-14-25(29-15-7-8-16-29)24-12-6-5-11-23(21)24/h2-6,9-14,17,19H,7-8,15-16H2,1H3,(H,28,30)/b22-17-/t19-/m1/s1. The zero-order valence-corrected chi connectivity index (χ0v) is 17.1. The van der Waals surface area contributed by atoms with Crippen LogP contribution in [0.3, 0.4) is 0 Å². The van der Waals surface area contributed by atoms with Gasteiger partial charge in [0.2, 0.25) is 0 Å². The molecule has 1 amide bonds. The molecule has 0 unspecified atom stereocenters. The number of rotatable bonds is 5. The van der Waals surface area contributed by atoms with Crippen LogP contribution in [-0.2, 0) is 4.79 Å². The topological polar surface area (TPSA) is 56.1 Å². The van der Waals surface area contributed by atoms with Crippen LogP contribution >= 0.6 is 0 Å². The third-order valence-corrected chi connectivity index (χ3v) is 5.69. The molecule has 1 aliphatic heterocycles. The summed E-state index contributed by atoms with van der Waals surface area (Å²) in [5.74, 6) is -0.360. The summed E-state index contributed by atoms with van der Waals surface area (Å²) in [6.07, 6.45) is 4.13. The van der Waals surface area contributed by atoms with Gasteiger partial charge in [-0.25, -0.2) is 0 Å². The molecule has 3 aromatic carbocycles. The maximum atomic E-state index is 12.8. The number of hydrogen-bond donors (Lipinski definition) is 1. The lowest BCUT2D eigenvalue weighted by Gasteiger charge is -2.20. The van der Waals surface area contributed by atoms with Gasteiger partial charge in [0.05, 0.1) is 6.04 Å². The van der Waals surface area contributed by atoms with E-state index in [0.717, 1.165) is 35.0 Å². The third kappa shape index (κ3) is 4.06. The minimum Gasteiger partial charge on any atom is -0.371 e. The molecule has 1 N–H and O–H groups in total. The number of fused-ring (bicyclic) bond motifs is 1. The lowest BCUT2D eigenvalue weighted by atomic mass is 10.00. The molecule has 1 aliphatic rings. The van der Waals surface area contributed by atoms with Crippen molar-refractivity contribution in [1.29, 1.82) is 5.26 Å². The Morgan fingerprint density at radius 2 is 1.67 bits per heavy atom. The molecule has 0 bridgehead atoms. The summed E-state index contributed by atoms with van der Waals surface area (Å²) >= 11 is 0. The fraction of sp³-hybridized carbons (Fsp3) is 0.231. The molecule has 1 saturated heterocycles. The Morgan fingerprint density at radius 1 is 1.00 bits per heavy atom. The summed E-state index contributed by atoms with van der Waals surface area (Å²) in [7, 11) is 0. The van der Waals surface area contributed by atoms with E-state index in [-0.39, 0.29) is 17.5 Å². The molecule has 0 aromatic heterocycles. The van der Waals surface area contributed by atoms with Gasteiger partial charge in [0, 0.05) is 24.2 Å². The molecule has 1 atom stereocenters. The van der Waals surface area contributed by atoms with Crippen LogP contribution in [0.25, 0.3) is 16.8 Å². The van der Waals surface area contributed by atoms with Crippen molar-refractivity contribution in [1.82, 2.24) is 5.32 Å². The fourth-order valence-corrected chi connectivity index (χ4v) is 4.07. The van der Waals surface area contributed by atoms with Gasteiger partial charge in [0.25, 0.3) is 5.91 Å². The Kier molecular flexibility index (Phi) is 5.81. The van der Waals surface area contributed by atoms with Gasteiger partial charge in [-0.3, -0.25) is 4.79 Å². The van der Waals surface area contributed by atoms with Gasteiger partial charge >= 0.3 is 0 Å². The second-order valence-corrected chi connectivity index (χ2v) is 7.69. The second-order valence-electron chi connectivity index (χ2n) is 7.69. The second kappa shape index (κ2) is 8.84.